The van der Waals surface area contributed by atoms with Crippen molar-refractivity contribution in [2.75, 3.05) is 16.4 Å². The molecule has 0 bridgehead atoms. The minimum atomic E-state index is -0.216. The maximum absolute atomic E-state index is 12.2. The molecule has 3 aromatic rings. The van der Waals surface area contributed by atoms with Crippen molar-refractivity contribution < 1.29 is 9.59 Å². The number of thiazole rings is 1. The van der Waals surface area contributed by atoms with Gasteiger partial charge in [0.2, 0.25) is 11.8 Å². The Morgan fingerprint density at radius 2 is 1.86 bits per heavy atom. The Morgan fingerprint density at radius 1 is 1.14 bits per heavy atom. The molecule has 0 saturated heterocycles. The summed E-state index contributed by atoms with van der Waals surface area (Å²) in [4.78, 5) is 29.7. The number of nitrogens with zero attached hydrogens (tertiary/aromatic N) is 4. The first-order chi connectivity index (χ1) is 13.8. The first-order valence-electron chi connectivity index (χ1n) is 8.62. The second kappa shape index (κ2) is 9.38. The van der Waals surface area contributed by atoms with Gasteiger partial charge in [-0.2, -0.15) is 0 Å². The van der Waals surface area contributed by atoms with Gasteiger partial charge in [-0.25, -0.2) is 4.98 Å². The zero-order valence-electron chi connectivity index (χ0n) is 16.0. The lowest BCUT2D eigenvalue weighted by atomic mass is 10.3. The average Bonchev–Trinajstić information content (AvgIpc) is 3.17. The summed E-state index contributed by atoms with van der Waals surface area (Å²) in [6.07, 6.45) is 0.0660. The highest BCUT2D eigenvalue weighted by atomic mass is 35.5. The van der Waals surface area contributed by atoms with Gasteiger partial charge >= 0.3 is 0 Å². The van der Waals surface area contributed by atoms with Gasteiger partial charge in [0.15, 0.2) is 10.3 Å². The van der Waals surface area contributed by atoms with E-state index in [1.165, 1.54) is 23.1 Å². The van der Waals surface area contributed by atoms with Gasteiger partial charge in [0.1, 0.15) is 5.82 Å². The number of thioether (sulfide) groups is 1. The van der Waals surface area contributed by atoms with Crippen LogP contribution >= 0.6 is 34.7 Å². The number of carbonyl (C=O) groups excluding carboxylic acids is 2. The Balaban J connectivity index is 1.52. The molecule has 0 radical (unpaired) electrons. The number of carbonyl (C=O) groups is 2. The molecular formula is C18H19ClN6O2S2. The Kier molecular flexibility index (Phi) is 6.88. The van der Waals surface area contributed by atoms with Crippen molar-refractivity contribution in [3.05, 3.63) is 45.7 Å². The molecule has 0 aliphatic rings. The third-order valence-corrected chi connectivity index (χ3v) is 6.24. The summed E-state index contributed by atoms with van der Waals surface area (Å²) in [5.74, 6) is 0.284. The molecule has 0 aliphatic heterocycles. The van der Waals surface area contributed by atoms with E-state index in [0.29, 0.717) is 26.8 Å². The molecule has 0 saturated carbocycles. The van der Waals surface area contributed by atoms with Crippen molar-refractivity contribution in [3.8, 4) is 0 Å². The smallest absolute Gasteiger partial charge is 0.236 e. The first-order valence-corrected chi connectivity index (χ1v) is 10.8. The lowest BCUT2D eigenvalue weighted by Gasteiger charge is -2.06. The summed E-state index contributed by atoms with van der Waals surface area (Å²) in [5, 5.41) is 15.4. The highest BCUT2D eigenvalue weighted by Crippen LogP contribution is 2.22. The zero-order valence-corrected chi connectivity index (χ0v) is 18.4. The molecule has 8 nitrogen and oxygen atoms in total. The molecule has 29 heavy (non-hydrogen) atoms. The second-order valence-corrected chi connectivity index (χ2v) is 8.77. The Bertz CT molecular complexity index is 1010. The number of halogens is 1. The lowest BCUT2D eigenvalue weighted by Crippen LogP contribution is -2.17. The second-order valence-electron chi connectivity index (χ2n) is 6.19. The topological polar surface area (TPSA) is 102 Å². The maximum atomic E-state index is 12.2. The number of benzene rings is 1. The van der Waals surface area contributed by atoms with Crippen LogP contribution in [0.1, 0.15) is 16.4 Å². The number of hydrogen-bond donors (Lipinski definition) is 2. The molecule has 0 spiro atoms. The monoisotopic (exact) mass is 450 g/mol. The molecule has 2 amide bonds. The van der Waals surface area contributed by atoms with Crippen molar-refractivity contribution in [1.29, 1.82) is 0 Å². The van der Waals surface area contributed by atoms with Gasteiger partial charge in [0, 0.05) is 22.6 Å². The average molecular weight is 451 g/mol. The third kappa shape index (κ3) is 5.78. The number of anilines is 2. The molecule has 1 aromatic carbocycles. The summed E-state index contributed by atoms with van der Waals surface area (Å²) in [6.45, 7) is 3.86. The summed E-state index contributed by atoms with van der Waals surface area (Å²) in [5.41, 5.74) is 1.56. The number of amides is 2. The molecule has 0 unspecified atom stereocenters. The summed E-state index contributed by atoms with van der Waals surface area (Å²) in [6, 6.07) is 6.85. The molecule has 3 rings (SSSR count). The molecule has 11 heteroatoms. The van der Waals surface area contributed by atoms with E-state index in [9.17, 15) is 9.59 Å². The quantitative estimate of drug-likeness (QED) is 0.534. The highest BCUT2D eigenvalue weighted by Gasteiger charge is 2.15. The van der Waals surface area contributed by atoms with E-state index in [4.69, 9.17) is 11.6 Å². The van der Waals surface area contributed by atoms with Crippen LogP contribution in [0.2, 0.25) is 5.02 Å². The van der Waals surface area contributed by atoms with E-state index >= 15 is 0 Å². The van der Waals surface area contributed by atoms with Crippen LogP contribution in [0.4, 0.5) is 10.8 Å². The van der Waals surface area contributed by atoms with Crippen LogP contribution in [-0.4, -0.2) is 37.3 Å². The molecule has 0 aliphatic carbocycles. The minimum Gasteiger partial charge on any atom is -0.326 e. The number of aromatic nitrogens is 4. The fourth-order valence-corrected chi connectivity index (χ4v) is 4.01. The van der Waals surface area contributed by atoms with Crippen molar-refractivity contribution >= 4 is 57.3 Å². The normalized spacial score (nSPS) is 10.8. The van der Waals surface area contributed by atoms with Crippen LogP contribution in [0.3, 0.4) is 0 Å². The zero-order chi connectivity index (χ0) is 21.0. The predicted octanol–water partition coefficient (Wildman–Crippen LogP) is 3.45. The van der Waals surface area contributed by atoms with Gasteiger partial charge in [-0.05, 0) is 38.1 Å². The predicted molar refractivity (Wildman–Crippen MR) is 116 cm³/mol. The van der Waals surface area contributed by atoms with Gasteiger partial charge in [-0.3, -0.25) is 9.59 Å². The van der Waals surface area contributed by atoms with E-state index in [1.54, 1.807) is 35.9 Å². The number of aryl methyl sites for hydroxylation is 2. The molecule has 0 atom stereocenters. The van der Waals surface area contributed by atoms with Crippen molar-refractivity contribution in [3.63, 3.8) is 0 Å². The van der Waals surface area contributed by atoms with Crippen molar-refractivity contribution in [2.24, 2.45) is 7.05 Å². The summed E-state index contributed by atoms with van der Waals surface area (Å²) >= 11 is 8.53. The van der Waals surface area contributed by atoms with E-state index in [-0.39, 0.29) is 24.0 Å². The van der Waals surface area contributed by atoms with E-state index in [2.05, 4.69) is 25.8 Å². The van der Waals surface area contributed by atoms with Gasteiger partial charge in [0.05, 0.1) is 17.9 Å². The lowest BCUT2D eigenvalue weighted by molar-refractivity contribution is -0.116. The van der Waals surface area contributed by atoms with Gasteiger partial charge in [0.25, 0.3) is 0 Å². The summed E-state index contributed by atoms with van der Waals surface area (Å²) < 4.78 is 1.71. The van der Waals surface area contributed by atoms with Crippen LogP contribution in [0, 0.1) is 13.8 Å². The highest BCUT2D eigenvalue weighted by molar-refractivity contribution is 7.99. The van der Waals surface area contributed by atoms with Crippen LogP contribution < -0.4 is 10.6 Å². The fourth-order valence-electron chi connectivity index (χ4n) is 2.32. The Hall–Kier alpha value is -2.43. The fraction of sp³-hybridized carbons (Fsp3) is 0.278. The first kappa shape index (κ1) is 21.3. The van der Waals surface area contributed by atoms with E-state index in [0.717, 1.165) is 10.6 Å². The number of rotatable bonds is 7. The van der Waals surface area contributed by atoms with Crippen LogP contribution in [0.25, 0.3) is 0 Å². The minimum absolute atomic E-state index is 0.0660. The van der Waals surface area contributed by atoms with Crippen LogP contribution in [0.5, 0.6) is 0 Å². The Labute approximate surface area is 181 Å². The molecular weight excluding hydrogens is 432 g/mol. The molecule has 2 aromatic heterocycles. The summed E-state index contributed by atoms with van der Waals surface area (Å²) in [7, 11) is 1.76. The van der Waals surface area contributed by atoms with Crippen molar-refractivity contribution in [1.82, 2.24) is 19.7 Å². The van der Waals surface area contributed by atoms with Crippen LogP contribution in [0.15, 0.2) is 29.4 Å². The molecule has 152 valence electrons. The molecule has 0 fully saturated rings. The van der Waals surface area contributed by atoms with Gasteiger partial charge < -0.3 is 15.2 Å². The van der Waals surface area contributed by atoms with Crippen molar-refractivity contribution in [2.45, 2.75) is 25.4 Å². The number of nitrogens with one attached hydrogen (secondary N) is 2. The Morgan fingerprint density at radius 3 is 2.52 bits per heavy atom. The van der Waals surface area contributed by atoms with E-state index < -0.39 is 0 Å². The SMILES string of the molecule is Cc1nc(NC(=O)CSc2nnc(CC(=O)Nc3ccc(Cl)cc3)n2C)sc1C. The standard InChI is InChI=1S/C18H19ClN6O2S2/c1-10-11(2)29-17(20-10)22-16(27)9-28-18-24-23-14(25(18)3)8-15(26)21-13-6-4-12(19)5-7-13/h4-7H,8-9H2,1-3H3,(H,21,26)(H,20,22,27). The largest absolute Gasteiger partial charge is 0.326 e. The maximum Gasteiger partial charge on any atom is 0.236 e. The number of hydrogen-bond acceptors (Lipinski definition) is 7. The van der Waals surface area contributed by atoms with Gasteiger partial charge in [-0.15, -0.1) is 21.5 Å². The van der Waals surface area contributed by atoms with E-state index in [1.807, 2.05) is 13.8 Å². The third-order valence-electron chi connectivity index (χ3n) is 3.98. The van der Waals surface area contributed by atoms with Gasteiger partial charge in [-0.1, -0.05) is 23.4 Å². The molecule has 2 heterocycles. The molecule has 2 N–H and O–H groups in total. The van der Waals surface area contributed by atoms with Crippen LogP contribution in [-0.2, 0) is 23.1 Å².